The average Bonchev–Trinajstić information content (AvgIpc) is 2.70. The summed E-state index contributed by atoms with van der Waals surface area (Å²) in [6.07, 6.45) is 0.543. The van der Waals surface area contributed by atoms with Crippen LogP contribution in [0.2, 0.25) is 0 Å². The molecule has 1 amide bonds. The predicted octanol–water partition coefficient (Wildman–Crippen LogP) is -0.0898. The number of benzene rings is 1. The molecular formula is C19H26N6O5S. The van der Waals surface area contributed by atoms with Crippen LogP contribution in [-0.2, 0) is 32.5 Å². The number of sulfonamides is 1. The zero-order chi connectivity index (χ0) is 23.0. The van der Waals surface area contributed by atoms with Gasteiger partial charge >= 0.3 is 0 Å². The zero-order valence-electron chi connectivity index (χ0n) is 17.3. The number of amides is 1. The second-order valence-corrected chi connectivity index (χ2v) is 8.34. The topological polar surface area (TPSA) is 182 Å². The third kappa shape index (κ3) is 7.03. The Morgan fingerprint density at radius 3 is 2.52 bits per heavy atom. The minimum Gasteiger partial charge on any atom is -0.391 e. The van der Waals surface area contributed by atoms with Crippen molar-refractivity contribution in [1.82, 2.24) is 10.3 Å². The fourth-order valence-corrected chi connectivity index (χ4v) is 3.80. The molecule has 0 saturated carbocycles. The molecule has 0 aliphatic carbocycles. The molecule has 0 fully saturated rings. The molecule has 1 aromatic heterocycles. The summed E-state index contributed by atoms with van der Waals surface area (Å²) >= 11 is 0. The molecule has 1 aromatic carbocycles. The Hall–Kier alpha value is -3.54. The van der Waals surface area contributed by atoms with Gasteiger partial charge in [0.2, 0.25) is 11.9 Å². The van der Waals surface area contributed by atoms with Gasteiger partial charge in [-0.05, 0) is 47.8 Å². The van der Waals surface area contributed by atoms with Crippen molar-refractivity contribution in [2.75, 3.05) is 17.9 Å². The van der Waals surface area contributed by atoms with Crippen molar-refractivity contribution in [3.63, 3.8) is 0 Å². The number of oxime groups is 1. The lowest BCUT2D eigenvalue weighted by molar-refractivity contribution is -0.120. The normalized spacial score (nSPS) is 10.9. The minimum absolute atomic E-state index is 0.0111. The number of H-pyrrole nitrogens is 1. The molecule has 0 bridgehead atoms. The number of anilines is 1. The van der Waals surface area contributed by atoms with Gasteiger partial charge in [0.05, 0.1) is 17.9 Å². The van der Waals surface area contributed by atoms with Crippen molar-refractivity contribution in [1.29, 1.82) is 0 Å². The highest BCUT2D eigenvalue weighted by molar-refractivity contribution is 7.92. The molecule has 1 heterocycles. The fraction of sp³-hybridized carbons (Fsp3) is 0.316. The van der Waals surface area contributed by atoms with E-state index in [2.05, 4.69) is 20.2 Å². The zero-order valence-corrected chi connectivity index (χ0v) is 18.1. The average molecular weight is 451 g/mol. The molecule has 0 aliphatic rings. The largest absolute Gasteiger partial charge is 0.391 e. The maximum atomic E-state index is 12.8. The lowest BCUT2D eigenvalue weighted by atomic mass is 10.1. The van der Waals surface area contributed by atoms with Crippen LogP contribution in [0.5, 0.6) is 0 Å². The number of aryl methyl sites for hydroxylation is 2. The molecular weight excluding hydrogens is 424 g/mol. The van der Waals surface area contributed by atoms with E-state index in [1.165, 1.54) is 18.2 Å². The summed E-state index contributed by atoms with van der Waals surface area (Å²) in [5, 5.41) is 5.90. The fourth-order valence-electron chi connectivity index (χ4n) is 2.70. The molecule has 0 spiro atoms. The summed E-state index contributed by atoms with van der Waals surface area (Å²) in [6, 6.07) is 7.87. The Morgan fingerprint density at radius 1 is 1.23 bits per heavy atom. The molecule has 11 nitrogen and oxygen atoms in total. The molecule has 0 atom stereocenters. The second kappa shape index (κ2) is 10.5. The number of nitrogens with zero attached hydrogens (tertiary/aromatic N) is 1. The number of guanidine groups is 1. The first kappa shape index (κ1) is 23.7. The van der Waals surface area contributed by atoms with E-state index in [0.29, 0.717) is 5.69 Å². The summed E-state index contributed by atoms with van der Waals surface area (Å²) in [6.45, 7) is 3.74. The SMILES string of the molecule is CCc1ccc(S(=O)(=O)Nc2c(CC(=O)NCCON=C(N)N)cc(C)[nH]c2=O)cc1. The first-order chi connectivity index (χ1) is 14.6. The van der Waals surface area contributed by atoms with Crippen LogP contribution in [0.1, 0.15) is 23.7 Å². The molecule has 0 saturated heterocycles. The number of hydrogen-bond donors (Lipinski definition) is 5. The number of carbonyl (C=O) groups excluding carboxylic acids is 1. The van der Waals surface area contributed by atoms with Gasteiger partial charge in [-0.1, -0.05) is 19.1 Å². The van der Waals surface area contributed by atoms with Crippen LogP contribution in [0, 0.1) is 6.92 Å². The summed E-state index contributed by atoms with van der Waals surface area (Å²) in [5.74, 6) is -0.683. The molecule has 0 radical (unpaired) electrons. The van der Waals surface area contributed by atoms with E-state index in [4.69, 9.17) is 16.3 Å². The molecule has 12 heteroatoms. The van der Waals surface area contributed by atoms with E-state index < -0.39 is 21.5 Å². The van der Waals surface area contributed by atoms with Gasteiger partial charge < -0.3 is 26.6 Å². The summed E-state index contributed by atoms with van der Waals surface area (Å²) < 4.78 is 27.8. The number of aromatic amines is 1. The Kier molecular flexibility index (Phi) is 8.02. The van der Waals surface area contributed by atoms with E-state index in [1.54, 1.807) is 19.1 Å². The van der Waals surface area contributed by atoms with Gasteiger partial charge in [0.1, 0.15) is 12.3 Å². The number of carbonyl (C=O) groups is 1. The van der Waals surface area contributed by atoms with Crippen molar-refractivity contribution >= 4 is 27.6 Å². The number of hydrogen-bond acceptors (Lipinski definition) is 6. The first-order valence-electron chi connectivity index (χ1n) is 9.44. The molecule has 0 aliphatic heterocycles. The summed E-state index contributed by atoms with van der Waals surface area (Å²) in [4.78, 5) is 32.0. The minimum atomic E-state index is -4.02. The van der Waals surface area contributed by atoms with Gasteiger partial charge in [-0.2, -0.15) is 0 Å². The summed E-state index contributed by atoms with van der Waals surface area (Å²) in [5.41, 5.74) is 11.1. The predicted molar refractivity (Wildman–Crippen MR) is 117 cm³/mol. The number of nitrogens with two attached hydrogens (primary N) is 2. The Balaban J connectivity index is 2.17. The van der Waals surface area contributed by atoms with Gasteiger partial charge in [-0.15, -0.1) is 0 Å². The number of aromatic nitrogens is 1. The van der Waals surface area contributed by atoms with E-state index >= 15 is 0 Å². The Morgan fingerprint density at radius 2 is 1.90 bits per heavy atom. The lowest BCUT2D eigenvalue weighted by Gasteiger charge is -2.13. The van der Waals surface area contributed by atoms with Gasteiger partial charge in [0.25, 0.3) is 15.6 Å². The second-order valence-electron chi connectivity index (χ2n) is 6.66. The lowest BCUT2D eigenvalue weighted by Crippen LogP contribution is -2.30. The molecule has 2 aromatic rings. The van der Waals surface area contributed by atoms with Crippen LogP contribution in [-0.4, -0.2) is 38.4 Å². The standard InChI is InChI=1S/C19H26N6O5S/c1-3-13-4-6-15(7-5-13)31(28,29)25-17-14(10-12(2)23-18(17)27)11-16(26)22-8-9-30-24-19(20)21/h4-7,10,25H,3,8-9,11H2,1-2H3,(H,22,26)(H,23,27)(H4,20,21,24). The number of pyridine rings is 1. The van der Waals surface area contributed by atoms with E-state index in [0.717, 1.165) is 12.0 Å². The van der Waals surface area contributed by atoms with E-state index in [1.807, 2.05) is 6.92 Å². The Labute approximate surface area is 179 Å². The van der Waals surface area contributed by atoms with E-state index in [-0.39, 0.29) is 41.7 Å². The van der Waals surface area contributed by atoms with Gasteiger partial charge in [-0.25, -0.2) is 8.42 Å². The highest BCUT2D eigenvalue weighted by Crippen LogP contribution is 2.18. The Bertz CT molecular complexity index is 1110. The van der Waals surface area contributed by atoms with Crippen LogP contribution in [0.3, 0.4) is 0 Å². The third-order valence-corrected chi connectivity index (χ3v) is 5.53. The summed E-state index contributed by atoms with van der Waals surface area (Å²) in [7, 11) is -4.02. The van der Waals surface area contributed by atoms with Crippen LogP contribution >= 0.6 is 0 Å². The van der Waals surface area contributed by atoms with Crippen LogP contribution in [0.4, 0.5) is 5.69 Å². The molecule has 7 N–H and O–H groups in total. The number of nitrogens with one attached hydrogen (secondary N) is 3. The van der Waals surface area contributed by atoms with Gasteiger partial charge in [0.15, 0.2) is 0 Å². The maximum absolute atomic E-state index is 12.8. The first-order valence-corrected chi connectivity index (χ1v) is 10.9. The number of rotatable bonds is 10. The highest BCUT2D eigenvalue weighted by Gasteiger charge is 2.20. The highest BCUT2D eigenvalue weighted by atomic mass is 32.2. The third-order valence-electron chi connectivity index (χ3n) is 4.16. The van der Waals surface area contributed by atoms with Crippen molar-refractivity contribution in [2.45, 2.75) is 31.6 Å². The van der Waals surface area contributed by atoms with Crippen LogP contribution in [0.15, 0.2) is 45.2 Å². The molecule has 0 unspecified atom stereocenters. The van der Waals surface area contributed by atoms with Crippen LogP contribution < -0.4 is 27.1 Å². The van der Waals surface area contributed by atoms with Crippen molar-refractivity contribution in [3.8, 4) is 0 Å². The van der Waals surface area contributed by atoms with Crippen molar-refractivity contribution in [2.24, 2.45) is 16.6 Å². The monoisotopic (exact) mass is 450 g/mol. The molecule has 31 heavy (non-hydrogen) atoms. The van der Waals surface area contributed by atoms with Crippen molar-refractivity contribution in [3.05, 3.63) is 57.5 Å². The maximum Gasteiger partial charge on any atom is 0.272 e. The quantitative estimate of drug-likeness (QED) is 0.145. The van der Waals surface area contributed by atoms with Crippen molar-refractivity contribution < 1.29 is 18.0 Å². The smallest absolute Gasteiger partial charge is 0.272 e. The van der Waals surface area contributed by atoms with Gasteiger partial charge in [0, 0.05) is 5.69 Å². The molecule has 168 valence electrons. The van der Waals surface area contributed by atoms with E-state index in [9.17, 15) is 18.0 Å². The van der Waals surface area contributed by atoms with Crippen LogP contribution in [0.25, 0.3) is 0 Å². The molecule has 2 rings (SSSR count). The van der Waals surface area contributed by atoms with Gasteiger partial charge in [-0.3, -0.25) is 14.3 Å².